The number of amides is 1. The van der Waals surface area contributed by atoms with Gasteiger partial charge in [-0.3, -0.25) is 4.79 Å². The average Bonchev–Trinajstić information content (AvgIpc) is 2.40. The lowest BCUT2D eigenvalue weighted by Crippen LogP contribution is -2.13. The molecule has 21 heavy (non-hydrogen) atoms. The Morgan fingerprint density at radius 2 is 1.86 bits per heavy atom. The minimum Gasteiger partial charge on any atom is -0.478 e. The van der Waals surface area contributed by atoms with Crippen molar-refractivity contribution in [3.63, 3.8) is 0 Å². The first-order valence-corrected chi connectivity index (χ1v) is 6.78. The van der Waals surface area contributed by atoms with Crippen LogP contribution in [0.1, 0.15) is 26.3 Å². The molecule has 0 radical (unpaired) electrons. The van der Waals surface area contributed by atoms with E-state index in [0.717, 1.165) is 0 Å². The minimum absolute atomic E-state index is 0.117. The molecule has 0 aliphatic carbocycles. The number of carboxylic acids is 1. The summed E-state index contributed by atoms with van der Waals surface area (Å²) in [5, 5.41) is 11.6. The first-order valence-electron chi connectivity index (χ1n) is 5.99. The van der Waals surface area contributed by atoms with Gasteiger partial charge in [-0.1, -0.05) is 6.07 Å². The SMILES string of the molecule is Cc1ccc(NC(=O)c2ccc(F)cc2Br)cc1C(=O)O. The third-order valence-electron chi connectivity index (χ3n) is 2.90. The molecule has 0 atom stereocenters. The summed E-state index contributed by atoms with van der Waals surface area (Å²) >= 11 is 3.12. The zero-order valence-electron chi connectivity index (χ0n) is 11.0. The Kier molecular flexibility index (Phi) is 4.37. The molecule has 2 aromatic rings. The number of anilines is 1. The fourth-order valence-corrected chi connectivity index (χ4v) is 2.33. The maximum absolute atomic E-state index is 13.0. The third kappa shape index (κ3) is 3.46. The molecule has 0 fully saturated rings. The predicted molar refractivity (Wildman–Crippen MR) is 80.2 cm³/mol. The summed E-state index contributed by atoms with van der Waals surface area (Å²) in [4.78, 5) is 23.2. The van der Waals surface area contributed by atoms with Gasteiger partial charge in [0.15, 0.2) is 0 Å². The zero-order chi connectivity index (χ0) is 15.6. The molecule has 0 unspecified atom stereocenters. The van der Waals surface area contributed by atoms with Gasteiger partial charge in [-0.25, -0.2) is 9.18 Å². The normalized spacial score (nSPS) is 10.2. The lowest BCUT2D eigenvalue weighted by Gasteiger charge is -2.09. The average molecular weight is 352 g/mol. The van der Waals surface area contributed by atoms with Gasteiger partial charge in [-0.2, -0.15) is 0 Å². The van der Waals surface area contributed by atoms with Crippen LogP contribution >= 0.6 is 15.9 Å². The van der Waals surface area contributed by atoms with E-state index in [1.165, 1.54) is 24.3 Å². The van der Waals surface area contributed by atoms with Gasteiger partial charge in [-0.15, -0.1) is 0 Å². The number of carboxylic acid groups (broad SMARTS) is 1. The van der Waals surface area contributed by atoms with E-state index in [4.69, 9.17) is 5.11 Å². The maximum Gasteiger partial charge on any atom is 0.336 e. The van der Waals surface area contributed by atoms with Gasteiger partial charge in [0.05, 0.1) is 11.1 Å². The van der Waals surface area contributed by atoms with Crippen molar-refractivity contribution < 1.29 is 19.1 Å². The Hall–Kier alpha value is -2.21. The molecule has 2 rings (SSSR count). The number of halogens is 2. The summed E-state index contributed by atoms with van der Waals surface area (Å²) in [6.45, 7) is 1.67. The highest BCUT2D eigenvalue weighted by Gasteiger charge is 2.13. The van der Waals surface area contributed by atoms with Crippen molar-refractivity contribution >= 4 is 33.5 Å². The summed E-state index contributed by atoms with van der Waals surface area (Å²) in [5.74, 6) is -1.98. The Morgan fingerprint density at radius 3 is 2.48 bits per heavy atom. The van der Waals surface area contributed by atoms with Gasteiger partial charge in [0, 0.05) is 10.2 Å². The van der Waals surface area contributed by atoms with Gasteiger partial charge >= 0.3 is 5.97 Å². The number of aromatic carboxylic acids is 1. The zero-order valence-corrected chi connectivity index (χ0v) is 12.6. The molecule has 0 saturated heterocycles. The van der Waals surface area contributed by atoms with Gasteiger partial charge in [0.2, 0.25) is 0 Å². The molecule has 0 spiro atoms. The number of hydrogen-bond acceptors (Lipinski definition) is 2. The summed E-state index contributed by atoms with van der Waals surface area (Å²) in [7, 11) is 0. The molecule has 0 aromatic heterocycles. The Bertz CT molecular complexity index is 731. The van der Waals surface area contributed by atoms with Gasteiger partial charge in [-0.05, 0) is 58.7 Å². The van der Waals surface area contributed by atoms with E-state index in [9.17, 15) is 14.0 Å². The first-order chi connectivity index (χ1) is 9.88. The van der Waals surface area contributed by atoms with Gasteiger partial charge in [0.25, 0.3) is 5.91 Å². The first kappa shape index (κ1) is 15.2. The van der Waals surface area contributed by atoms with Crippen molar-refractivity contribution in [2.45, 2.75) is 6.92 Å². The monoisotopic (exact) mass is 351 g/mol. The Morgan fingerprint density at radius 1 is 1.14 bits per heavy atom. The number of aryl methyl sites for hydroxylation is 1. The molecule has 2 aromatic carbocycles. The van der Waals surface area contributed by atoms with E-state index in [1.807, 2.05) is 0 Å². The van der Waals surface area contributed by atoms with Crippen molar-refractivity contribution in [3.05, 3.63) is 63.4 Å². The largest absolute Gasteiger partial charge is 0.478 e. The van der Waals surface area contributed by atoms with Crippen molar-refractivity contribution in [1.29, 1.82) is 0 Å². The second-order valence-electron chi connectivity index (χ2n) is 4.41. The van der Waals surface area contributed by atoms with Crippen LogP contribution in [0.2, 0.25) is 0 Å². The van der Waals surface area contributed by atoms with E-state index in [2.05, 4.69) is 21.2 Å². The van der Waals surface area contributed by atoms with Crippen LogP contribution < -0.4 is 5.32 Å². The highest BCUT2D eigenvalue weighted by molar-refractivity contribution is 9.10. The van der Waals surface area contributed by atoms with Crippen LogP contribution in [-0.4, -0.2) is 17.0 Å². The van der Waals surface area contributed by atoms with E-state index in [1.54, 1.807) is 19.1 Å². The van der Waals surface area contributed by atoms with E-state index in [-0.39, 0.29) is 11.1 Å². The molecule has 0 aliphatic rings. The standard InChI is InChI=1S/C15H11BrFNO3/c1-8-2-4-10(7-12(8)15(20)21)18-14(19)11-5-3-9(17)6-13(11)16/h2-7H,1H3,(H,18,19)(H,20,21). The fraction of sp³-hybridized carbons (Fsp3) is 0.0667. The number of nitrogens with one attached hydrogen (secondary N) is 1. The summed E-state index contributed by atoms with van der Waals surface area (Å²) in [6, 6.07) is 8.31. The van der Waals surface area contributed by atoms with Crippen LogP contribution in [0.3, 0.4) is 0 Å². The van der Waals surface area contributed by atoms with Crippen LogP contribution in [0.5, 0.6) is 0 Å². The Balaban J connectivity index is 2.27. The predicted octanol–water partition coefficient (Wildman–Crippen LogP) is 3.85. The molecule has 0 saturated carbocycles. The quantitative estimate of drug-likeness (QED) is 0.882. The lowest BCUT2D eigenvalue weighted by molar-refractivity contribution is 0.0695. The summed E-state index contributed by atoms with van der Waals surface area (Å²) in [6.07, 6.45) is 0. The van der Waals surface area contributed by atoms with Crippen LogP contribution in [-0.2, 0) is 0 Å². The van der Waals surface area contributed by atoms with Gasteiger partial charge < -0.3 is 10.4 Å². The smallest absolute Gasteiger partial charge is 0.336 e. The third-order valence-corrected chi connectivity index (χ3v) is 3.56. The summed E-state index contributed by atoms with van der Waals surface area (Å²) < 4.78 is 13.3. The lowest BCUT2D eigenvalue weighted by atomic mass is 10.1. The minimum atomic E-state index is -1.06. The molecule has 0 aliphatic heterocycles. The van der Waals surface area contributed by atoms with Crippen molar-refractivity contribution in [3.8, 4) is 0 Å². The number of hydrogen-bond donors (Lipinski definition) is 2. The molecule has 0 heterocycles. The molecule has 6 heteroatoms. The number of carbonyl (C=O) groups is 2. The highest BCUT2D eigenvalue weighted by atomic mass is 79.9. The van der Waals surface area contributed by atoms with Crippen LogP contribution in [0, 0.1) is 12.7 Å². The molecule has 0 bridgehead atoms. The number of benzene rings is 2. The second kappa shape index (κ2) is 6.05. The van der Waals surface area contributed by atoms with E-state index < -0.39 is 17.7 Å². The topological polar surface area (TPSA) is 66.4 Å². The molecule has 2 N–H and O–H groups in total. The van der Waals surface area contributed by atoms with Crippen LogP contribution in [0.25, 0.3) is 0 Å². The summed E-state index contributed by atoms with van der Waals surface area (Å²) in [5.41, 5.74) is 1.34. The highest BCUT2D eigenvalue weighted by Crippen LogP contribution is 2.21. The second-order valence-corrected chi connectivity index (χ2v) is 5.27. The van der Waals surface area contributed by atoms with E-state index in [0.29, 0.717) is 15.7 Å². The molecular formula is C15H11BrFNO3. The van der Waals surface area contributed by atoms with Crippen molar-refractivity contribution in [1.82, 2.24) is 0 Å². The Labute approximate surface area is 128 Å². The molecule has 1 amide bonds. The van der Waals surface area contributed by atoms with Crippen LogP contribution in [0.4, 0.5) is 10.1 Å². The molecule has 108 valence electrons. The van der Waals surface area contributed by atoms with Gasteiger partial charge in [0.1, 0.15) is 5.82 Å². The number of carbonyl (C=O) groups excluding carboxylic acids is 1. The molecular weight excluding hydrogens is 341 g/mol. The molecule has 4 nitrogen and oxygen atoms in total. The van der Waals surface area contributed by atoms with Crippen molar-refractivity contribution in [2.24, 2.45) is 0 Å². The van der Waals surface area contributed by atoms with Crippen LogP contribution in [0.15, 0.2) is 40.9 Å². The fourth-order valence-electron chi connectivity index (χ4n) is 1.80. The maximum atomic E-state index is 13.0. The number of rotatable bonds is 3. The van der Waals surface area contributed by atoms with E-state index >= 15 is 0 Å². The van der Waals surface area contributed by atoms with Crippen molar-refractivity contribution in [2.75, 3.05) is 5.32 Å².